The lowest BCUT2D eigenvalue weighted by Crippen LogP contribution is -2.45. The molecule has 0 aliphatic rings. The Bertz CT molecular complexity index is 2250. The molecular weight excluding hydrogens is 706 g/mol. The summed E-state index contributed by atoms with van der Waals surface area (Å²) in [6, 6.07) is 17.0. The number of methoxy groups -OCH3 is 6. The minimum atomic E-state index is -1.31. The van der Waals surface area contributed by atoms with E-state index in [1.807, 2.05) is 62.4 Å². The molecule has 0 N–H and O–H groups in total. The van der Waals surface area contributed by atoms with Crippen LogP contribution in [0.5, 0.6) is 23.0 Å². The molecule has 15 heteroatoms. The van der Waals surface area contributed by atoms with E-state index in [1.165, 1.54) is 18.9 Å². The summed E-state index contributed by atoms with van der Waals surface area (Å²) in [6.45, 7) is 6.08. The first kappa shape index (κ1) is 38.7. The Labute approximate surface area is 319 Å². The second-order valence-electron chi connectivity index (χ2n) is 12.7. The average molecular weight is 752 g/mol. The van der Waals surface area contributed by atoms with Crippen LogP contribution in [0.15, 0.2) is 86.1 Å². The number of carbonyl (C=O) groups excluding carboxylic acids is 1. The lowest BCUT2D eigenvalue weighted by molar-refractivity contribution is -0.0760. The fourth-order valence-electron chi connectivity index (χ4n) is 7.52. The van der Waals surface area contributed by atoms with Crippen LogP contribution in [0, 0.1) is 0 Å². The van der Waals surface area contributed by atoms with Gasteiger partial charge in [0.25, 0.3) is 0 Å². The minimum absolute atomic E-state index is 0.229. The van der Waals surface area contributed by atoms with Crippen molar-refractivity contribution >= 4 is 16.9 Å². The van der Waals surface area contributed by atoms with Gasteiger partial charge in [0.2, 0.25) is 0 Å². The van der Waals surface area contributed by atoms with E-state index in [2.05, 4.69) is 20.2 Å². The molecule has 0 amide bonds. The van der Waals surface area contributed by atoms with E-state index in [0.717, 1.165) is 11.1 Å². The Morgan fingerprint density at radius 1 is 0.673 bits per heavy atom. The zero-order valence-electron chi connectivity index (χ0n) is 32.3. The summed E-state index contributed by atoms with van der Waals surface area (Å²) in [5.74, 6) is 0.599. The molecule has 3 aromatic heterocycles. The zero-order valence-corrected chi connectivity index (χ0v) is 32.3. The standard InChI is InChI=1S/C40H45N7O8/c1-10-55-38(48)28-15-27-16-31(25(2)39(53-8,46-23-41-21-44-46)29-11-13-34(49-4)36(17-29)51-6)32(19-33(27)43-20-28)26(3)40(54-9,47-24-42-22-45-47)30-12-14-35(50-5)37(18-30)52-7/h11-26H,10H2,1-9H3. The second kappa shape index (κ2) is 16.1. The summed E-state index contributed by atoms with van der Waals surface area (Å²) in [7, 11) is 9.57. The molecule has 4 atom stereocenters. The van der Waals surface area contributed by atoms with E-state index in [4.69, 9.17) is 38.1 Å². The van der Waals surface area contributed by atoms with Gasteiger partial charge >= 0.3 is 5.97 Å². The number of fused-ring (bicyclic) bond motifs is 1. The van der Waals surface area contributed by atoms with Gasteiger partial charge < -0.3 is 33.2 Å². The number of benzene rings is 3. The zero-order chi connectivity index (χ0) is 39.3. The first-order valence-electron chi connectivity index (χ1n) is 17.5. The number of aromatic nitrogens is 7. The van der Waals surface area contributed by atoms with E-state index in [1.54, 1.807) is 77.7 Å². The molecule has 0 spiro atoms. The van der Waals surface area contributed by atoms with Gasteiger partial charge in [0.15, 0.2) is 34.4 Å². The van der Waals surface area contributed by atoms with E-state index in [9.17, 15) is 4.79 Å². The van der Waals surface area contributed by atoms with Crippen molar-refractivity contribution in [1.29, 1.82) is 0 Å². The van der Waals surface area contributed by atoms with Gasteiger partial charge in [-0.25, -0.2) is 24.1 Å². The van der Waals surface area contributed by atoms with Crippen LogP contribution < -0.4 is 18.9 Å². The molecule has 6 rings (SSSR count). The highest BCUT2D eigenvalue weighted by atomic mass is 16.5. The number of carbonyl (C=O) groups is 1. The highest BCUT2D eigenvalue weighted by molar-refractivity contribution is 5.94. The Morgan fingerprint density at radius 3 is 1.58 bits per heavy atom. The van der Waals surface area contributed by atoms with E-state index in [0.29, 0.717) is 50.6 Å². The lowest BCUT2D eigenvalue weighted by Gasteiger charge is -2.42. The molecule has 4 unspecified atom stereocenters. The van der Waals surface area contributed by atoms with Crippen molar-refractivity contribution in [3.8, 4) is 23.0 Å². The van der Waals surface area contributed by atoms with Crippen molar-refractivity contribution in [3.05, 3.63) is 114 Å². The molecule has 0 fully saturated rings. The second-order valence-corrected chi connectivity index (χ2v) is 12.7. The van der Waals surface area contributed by atoms with Crippen molar-refractivity contribution in [3.63, 3.8) is 0 Å². The number of nitrogens with zero attached hydrogens (tertiary/aromatic N) is 7. The van der Waals surface area contributed by atoms with Crippen molar-refractivity contribution in [2.24, 2.45) is 0 Å². The molecule has 3 heterocycles. The molecule has 0 bridgehead atoms. The summed E-state index contributed by atoms with van der Waals surface area (Å²) in [4.78, 5) is 26.3. The van der Waals surface area contributed by atoms with Crippen LogP contribution >= 0.6 is 0 Å². The maximum Gasteiger partial charge on any atom is 0.339 e. The van der Waals surface area contributed by atoms with Gasteiger partial charge in [0.1, 0.15) is 25.3 Å². The molecular formula is C40H45N7O8. The van der Waals surface area contributed by atoms with Gasteiger partial charge in [0.05, 0.1) is 46.1 Å². The third-order valence-corrected chi connectivity index (χ3v) is 10.2. The third kappa shape index (κ3) is 6.59. The largest absolute Gasteiger partial charge is 0.493 e. The van der Waals surface area contributed by atoms with Crippen LogP contribution in [0.3, 0.4) is 0 Å². The van der Waals surface area contributed by atoms with Gasteiger partial charge in [-0.1, -0.05) is 26.0 Å². The molecule has 0 aliphatic carbocycles. The molecule has 3 aromatic carbocycles. The Hall–Kier alpha value is -6.06. The van der Waals surface area contributed by atoms with Gasteiger partial charge in [-0.2, -0.15) is 10.2 Å². The number of pyridine rings is 1. The van der Waals surface area contributed by atoms with Crippen molar-refractivity contribution in [1.82, 2.24) is 34.5 Å². The Balaban J connectivity index is 1.68. The number of rotatable bonds is 16. The summed E-state index contributed by atoms with van der Waals surface area (Å²) in [5.41, 5.74) is 1.41. The molecule has 55 heavy (non-hydrogen) atoms. The topological polar surface area (TPSA) is 156 Å². The van der Waals surface area contributed by atoms with Gasteiger partial charge in [-0.15, -0.1) is 0 Å². The third-order valence-electron chi connectivity index (χ3n) is 10.2. The van der Waals surface area contributed by atoms with Crippen molar-refractivity contribution in [2.45, 2.75) is 44.1 Å². The maximum absolute atomic E-state index is 12.9. The fraction of sp³-hybridized carbons (Fsp3) is 0.350. The van der Waals surface area contributed by atoms with E-state index >= 15 is 0 Å². The van der Waals surface area contributed by atoms with Crippen molar-refractivity contribution in [2.75, 3.05) is 49.3 Å². The van der Waals surface area contributed by atoms with Crippen LogP contribution in [-0.4, -0.2) is 89.7 Å². The van der Waals surface area contributed by atoms with Crippen LogP contribution in [0.4, 0.5) is 0 Å². The number of hydrogen-bond donors (Lipinski definition) is 0. The normalized spacial score (nSPS) is 14.7. The van der Waals surface area contributed by atoms with Crippen LogP contribution in [0.25, 0.3) is 10.9 Å². The Morgan fingerprint density at radius 2 is 1.16 bits per heavy atom. The average Bonchev–Trinajstić information content (AvgIpc) is 3.97. The predicted octanol–water partition coefficient (Wildman–Crippen LogP) is 5.93. The Kier molecular flexibility index (Phi) is 11.3. The summed E-state index contributed by atoms with van der Waals surface area (Å²) in [5, 5.41) is 9.95. The monoisotopic (exact) mass is 751 g/mol. The molecule has 0 aliphatic heterocycles. The number of esters is 1. The summed E-state index contributed by atoms with van der Waals surface area (Å²) in [6.07, 6.45) is 7.66. The molecule has 15 nitrogen and oxygen atoms in total. The first-order chi connectivity index (χ1) is 26.7. The highest BCUT2D eigenvalue weighted by Gasteiger charge is 2.48. The molecule has 0 saturated heterocycles. The number of hydrogen-bond acceptors (Lipinski definition) is 13. The SMILES string of the molecule is CCOC(=O)c1cnc2cc(C(C)C(OC)(c3ccc(OC)c(OC)c3)n3cncn3)c(C(C)C(OC)(c3ccc(OC)c(OC)c3)n3cncn3)cc2c1. The number of ether oxygens (including phenoxy) is 7. The highest BCUT2D eigenvalue weighted by Crippen LogP contribution is 2.50. The quantitative estimate of drug-likeness (QED) is 0.107. The van der Waals surface area contributed by atoms with Crippen LogP contribution in [0.2, 0.25) is 0 Å². The minimum Gasteiger partial charge on any atom is -0.493 e. The summed E-state index contributed by atoms with van der Waals surface area (Å²) < 4.78 is 44.6. The van der Waals surface area contributed by atoms with Crippen molar-refractivity contribution < 1.29 is 38.0 Å². The summed E-state index contributed by atoms with van der Waals surface area (Å²) >= 11 is 0. The molecule has 0 saturated carbocycles. The van der Waals surface area contributed by atoms with Crippen LogP contribution in [-0.2, 0) is 25.7 Å². The predicted molar refractivity (Wildman–Crippen MR) is 202 cm³/mol. The van der Waals surface area contributed by atoms with Crippen LogP contribution in [0.1, 0.15) is 65.2 Å². The van der Waals surface area contributed by atoms with Gasteiger partial charge in [0, 0.05) is 48.8 Å². The van der Waals surface area contributed by atoms with Gasteiger partial charge in [-0.05, 0) is 60.5 Å². The smallest absolute Gasteiger partial charge is 0.339 e. The first-order valence-corrected chi connectivity index (χ1v) is 17.5. The fourth-order valence-corrected chi connectivity index (χ4v) is 7.52. The maximum atomic E-state index is 12.9. The molecule has 0 radical (unpaired) electrons. The lowest BCUT2D eigenvalue weighted by atomic mass is 9.75. The molecule has 288 valence electrons. The van der Waals surface area contributed by atoms with E-state index < -0.39 is 29.3 Å². The van der Waals surface area contributed by atoms with Gasteiger partial charge in [-0.3, -0.25) is 4.98 Å². The molecule has 6 aromatic rings. The van der Waals surface area contributed by atoms with E-state index in [-0.39, 0.29) is 6.61 Å².